The lowest BCUT2D eigenvalue weighted by molar-refractivity contribution is 0.0702. The SMILES string of the molecule is COc1cc2ncnc(N3CCN(C(=O)N4CCCC(O)C4)CC3)c2cc1OC. The fourth-order valence-electron chi connectivity index (χ4n) is 4.06. The van der Waals surface area contributed by atoms with Gasteiger partial charge in [0.15, 0.2) is 11.5 Å². The van der Waals surface area contributed by atoms with E-state index in [9.17, 15) is 9.90 Å². The average Bonchev–Trinajstić information content (AvgIpc) is 2.77. The topological polar surface area (TPSA) is 91.3 Å². The number of β-amino-alcohol motifs (C(OH)–C–C–N with tert-alkyl or cyclic N) is 1. The molecule has 2 aliphatic heterocycles. The third-order valence-electron chi connectivity index (χ3n) is 5.64. The summed E-state index contributed by atoms with van der Waals surface area (Å²) in [4.78, 5) is 27.4. The summed E-state index contributed by atoms with van der Waals surface area (Å²) in [6.45, 7) is 3.74. The van der Waals surface area contributed by atoms with E-state index in [4.69, 9.17) is 9.47 Å². The first-order chi connectivity index (χ1) is 14.1. The number of urea groups is 1. The number of nitrogens with zero attached hydrogens (tertiary/aromatic N) is 5. The van der Waals surface area contributed by atoms with E-state index >= 15 is 0 Å². The molecule has 29 heavy (non-hydrogen) atoms. The van der Waals surface area contributed by atoms with Gasteiger partial charge < -0.3 is 29.3 Å². The van der Waals surface area contributed by atoms with Crippen LogP contribution < -0.4 is 14.4 Å². The Kier molecular flexibility index (Phi) is 5.57. The second-order valence-electron chi connectivity index (χ2n) is 7.42. The van der Waals surface area contributed by atoms with Crippen molar-refractivity contribution in [2.75, 3.05) is 58.4 Å². The molecule has 2 amide bonds. The highest BCUT2D eigenvalue weighted by Crippen LogP contribution is 2.35. The molecule has 156 valence electrons. The number of hydrogen-bond donors (Lipinski definition) is 1. The molecule has 1 aromatic carbocycles. The third-order valence-corrected chi connectivity index (χ3v) is 5.64. The van der Waals surface area contributed by atoms with Gasteiger partial charge in [-0.3, -0.25) is 0 Å². The molecule has 1 atom stereocenters. The number of aromatic nitrogens is 2. The van der Waals surface area contributed by atoms with Crippen molar-refractivity contribution < 1.29 is 19.4 Å². The summed E-state index contributed by atoms with van der Waals surface area (Å²) in [5, 5.41) is 10.7. The van der Waals surface area contributed by atoms with Gasteiger partial charge in [-0.15, -0.1) is 0 Å². The fourth-order valence-corrected chi connectivity index (χ4v) is 4.06. The first-order valence-corrected chi connectivity index (χ1v) is 9.94. The van der Waals surface area contributed by atoms with Crippen LogP contribution in [0, 0.1) is 0 Å². The molecule has 1 unspecified atom stereocenters. The Labute approximate surface area is 169 Å². The second kappa shape index (κ2) is 8.28. The maximum absolute atomic E-state index is 12.8. The van der Waals surface area contributed by atoms with E-state index < -0.39 is 6.10 Å². The third kappa shape index (κ3) is 3.87. The number of aliphatic hydroxyl groups is 1. The molecule has 2 fully saturated rings. The van der Waals surface area contributed by atoms with Crippen LogP contribution in [0.2, 0.25) is 0 Å². The van der Waals surface area contributed by atoms with Gasteiger partial charge in [0.2, 0.25) is 0 Å². The summed E-state index contributed by atoms with van der Waals surface area (Å²) in [7, 11) is 3.21. The fraction of sp³-hybridized carbons (Fsp3) is 0.550. The lowest BCUT2D eigenvalue weighted by atomic mass is 10.1. The van der Waals surface area contributed by atoms with Crippen molar-refractivity contribution in [2.45, 2.75) is 18.9 Å². The molecule has 0 bridgehead atoms. The van der Waals surface area contributed by atoms with Crippen LogP contribution in [0.1, 0.15) is 12.8 Å². The Morgan fingerprint density at radius 2 is 1.76 bits per heavy atom. The van der Waals surface area contributed by atoms with Crippen LogP contribution in [-0.4, -0.2) is 90.5 Å². The number of rotatable bonds is 3. The van der Waals surface area contributed by atoms with Crippen molar-refractivity contribution >= 4 is 22.8 Å². The van der Waals surface area contributed by atoms with Crippen LogP contribution in [0.3, 0.4) is 0 Å². The number of fused-ring (bicyclic) bond motifs is 1. The van der Waals surface area contributed by atoms with Gasteiger partial charge in [-0.1, -0.05) is 0 Å². The van der Waals surface area contributed by atoms with Gasteiger partial charge in [-0.2, -0.15) is 0 Å². The predicted octanol–water partition coefficient (Wildman–Crippen LogP) is 1.35. The number of benzene rings is 1. The molecule has 9 heteroatoms. The van der Waals surface area contributed by atoms with E-state index in [1.807, 2.05) is 17.0 Å². The quantitative estimate of drug-likeness (QED) is 0.830. The summed E-state index contributed by atoms with van der Waals surface area (Å²) < 4.78 is 10.8. The summed E-state index contributed by atoms with van der Waals surface area (Å²) in [5.41, 5.74) is 0.786. The Morgan fingerprint density at radius 1 is 1.03 bits per heavy atom. The van der Waals surface area contributed by atoms with E-state index in [0.29, 0.717) is 50.8 Å². The van der Waals surface area contributed by atoms with E-state index in [-0.39, 0.29) is 6.03 Å². The summed E-state index contributed by atoms with van der Waals surface area (Å²) in [6.07, 6.45) is 2.77. The molecule has 1 N–H and O–H groups in total. The standard InChI is InChI=1S/C20H27N5O4/c1-28-17-10-15-16(11-18(17)29-2)21-13-22-19(15)23-6-8-24(9-7-23)20(27)25-5-3-4-14(26)12-25/h10-11,13-14,26H,3-9,12H2,1-2H3. The van der Waals surface area contributed by atoms with Crippen LogP contribution in [0.4, 0.5) is 10.6 Å². The molecule has 1 aromatic heterocycles. The molecule has 0 spiro atoms. The number of carbonyl (C=O) groups excluding carboxylic acids is 1. The summed E-state index contributed by atoms with van der Waals surface area (Å²) >= 11 is 0. The predicted molar refractivity (Wildman–Crippen MR) is 109 cm³/mol. The van der Waals surface area contributed by atoms with Gasteiger partial charge in [-0.25, -0.2) is 14.8 Å². The van der Waals surface area contributed by atoms with Gasteiger partial charge >= 0.3 is 6.03 Å². The van der Waals surface area contributed by atoms with Crippen molar-refractivity contribution in [2.24, 2.45) is 0 Å². The number of amides is 2. The first-order valence-electron chi connectivity index (χ1n) is 9.94. The molecule has 4 rings (SSSR count). The normalized spacial score (nSPS) is 20.1. The van der Waals surface area contributed by atoms with Gasteiger partial charge in [0.25, 0.3) is 0 Å². The number of piperazine rings is 1. The monoisotopic (exact) mass is 401 g/mol. The zero-order chi connectivity index (χ0) is 20.4. The highest BCUT2D eigenvalue weighted by atomic mass is 16.5. The minimum absolute atomic E-state index is 0.0161. The number of ether oxygens (including phenoxy) is 2. The Balaban J connectivity index is 1.49. The number of anilines is 1. The maximum Gasteiger partial charge on any atom is 0.320 e. The lowest BCUT2D eigenvalue weighted by Gasteiger charge is -2.39. The van der Waals surface area contributed by atoms with Gasteiger partial charge in [0, 0.05) is 50.7 Å². The summed E-state index contributed by atoms with van der Waals surface area (Å²) in [5.74, 6) is 2.09. The van der Waals surface area contributed by atoms with Crippen LogP contribution in [0.25, 0.3) is 10.9 Å². The van der Waals surface area contributed by atoms with Crippen LogP contribution in [-0.2, 0) is 0 Å². The molecule has 0 aliphatic carbocycles. The zero-order valence-corrected chi connectivity index (χ0v) is 16.9. The molecule has 2 aliphatic rings. The smallest absolute Gasteiger partial charge is 0.320 e. The first kappa shape index (κ1) is 19.5. The lowest BCUT2D eigenvalue weighted by Crippen LogP contribution is -2.55. The number of methoxy groups -OCH3 is 2. The maximum atomic E-state index is 12.8. The minimum atomic E-state index is -0.409. The number of aliphatic hydroxyl groups excluding tert-OH is 1. The molecule has 2 aromatic rings. The molecule has 9 nitrogen and oxygen atoms in total. The second-order valence-corrected chi connectivity index (χ2v) is 7.42. The van der Waals surface area contributed by atoms with E-state index in [0.717, 1.165) is 29.6 Å². The molecule has 2 saturated heterocycles. The highest BCUT2D eigenvalue weighted by molar-refractivity contribution is 5.92. The summed E-state index contributed by atoms with van der Waals surface area (Å²) in [6, 6.07) is 3.76. The Morgan fingerprint density at radius 3 is 2.45 bits per heavy atom. The molecule has 3 heterocycles. The molecule has 0 radical (unpaired) electrons. The van der Waals surface area contributed by atoms with E-state index in [1.165, 1.54) is 0 Å². The van der Waals surface area contributed by atoms with Crippen molar-refractivity contribution in [3.8, 4) is 11.5 Å². The number of hydrogen-bond acceptors (Lipinski definition) is 7. The molecular weight excluding hydrogens is 374 g/mol. The van der Waals surface area contributed by atoms with Crippen molar-refractivity contribution in [3.63, 3.8) is 0 Å². The van der Waals surface area contributed by atoms with E-state index in [2.05, 4.69) is 14.9 Å². The Bertz CT molecular complexity index is 885. The average molecular weight is 401 g/mol. The van der Waals surface area contributed by atoms with Gasteiger partial charge in [0.1, 0.15) is 12.1 Å². The molecular formula is C20H27N5O4. The van der Waals surface area contributed by atoms with Crippen molar-refractivity contribution in [1.82, 2.24) is 19.8 Å². The number of carbonyl (C=O) groups is 1. The zero-order valence-electron chi connectivity index (χ0n) is 16.9. The number of piperidine rings is 1. The molecule has 0 saturated carbocycles. The Hall–Kier alpha value is -2.81. The van der Waals surface area contributed by atoms with Crippen molar-refractivity contribution in [1.29, 1.82) is 0 Å². The van der Waals surface area contributed by atoms with Crippen LogP contribution >= 0.6 is 0 Å². The van der Waals surface area contributed by atoms with Crippen LogP contribution in [0.5, 0.6) is 11.5 Å². The largest absolute Gasteiger partial charge is 0.493 e. The highest BCUT2D eigenvalue weighted by Gasteiger charge is 2.29. The van der Waals surface area contributed by atoms with Gasteiger partial charge in [-0.05, 0) is 18.9 Å². The van der Waals surface area contributed by atoms with Gasteiger partial charge in [0.05, 0.1) is 25.8 Å². The minimum Gasteiger partial charge on any atom is -0.493 e. The van der Waals surface area contributed by atoms with E-state index in [1.54, 1.807) is 25.4 Å². The number of likely N-dealkylation sites (tertiary alicyclic amines) is 1. The van der Waals surface area contributed by atoms with Crippen LogP contribution in [0.15, 0.2) is 18.5 Å². The van der Waals surface area contributed by atoms with Crippen molar-refractivity contribution in [3.05, 3.63) is 18.5 Å².